The largest absolute Gasteiger partial charge is 0.362 e. The molecule has 2 aromatic rings. The quantitative estimate of drug-likeness (QED) is 0.811. The number of rotatable bonds is 4. The lowest BCUT2D eigenvalue weighted by Crippen LogP contribution is -2.21. The maximum Gasteiger partial charge on any atom is 0.129 e. The molecule has 0 fully saturated rings. The molecule has 82 valence electrons. The molecule has 0 radical (unpaired) electrons. The summed E-state index contributed by atoms with van der Waals surface area (Å²) in [4.78, 5) is 7.98. The van der Waals surface area contributed by atoms with Gasteiger partial charge in [-0.3, -0.25) is 0 Å². The van der Waals surface area contributed by atoms with Gasteiger partial charge < -0.3 is 11.1 Å². The monoisotopic (exact) mass is 214 g/mol. The highest BCUT2D eigenvalue weighted by molar-refractivity contribution is 5.37. The number of nitrogens with zero attached hydrogens (tertiary/aromatic N) is 2. The molecule has 1 unspecified atom stereocenters. The van der Waals surface area contributed by atoms with Gasteiger partial charge in [-0.1, -0.05) is 30.3 Å². The number of nitrogens with one attached hydrogen (secondary N) is 1. The number of anilines is 1. The summed E-state index contributed by atoms with van der Waals surface area (Å²) in [5.41, 5.74) is 6.90. The lowest BCUT2D eigenvalue weighted by molar-refractivity contribution is 0.783. The Hall–Kier alpha value is -1.94. The SMILES string of the molecule is NCC(Nc1ccncn1)c1ccccc1. The summed E-state index contributed by atoms with van der Waals surface area (Å²) in [5.74, 6) is 0.786. The Kier molecular flexibility index (Phi) is 3.46. The van der Waals surface area contributed by atoms with Crippen molar-refractivity contribution >= 4 is 5.82 Å². The highest BCUT2D eigenvalue weighted by atomic mass is 15.0. The maximum atomic E-state index is 5.75. The van der Waals surface area contributed by atoms with Crippen LogP contribution in [0.3, 0.4) is 0 Å². The van der Waals surface area contributed by atoms with Gasteiger partial charge in [0.05, 0.1) is 6.04 Å². The van der Waals surface area contributed by atoms with Crippen LogP contribution in [0.25, 0.3) is 0 Å². The van der Waals surface area contributed by atoms with Crippen LogP contribution in [0, 0.1) is 0 Å². The Morgan fingerprint density at radius 2 is 2.00 bits per heavy atom. The Balaban J connectivity index is 2.13. The van der Waals surface area contributed by atoms with E-state index in [9.17, 15) is 0 Å². The third-order valence-electron chi connectivity index (χ3n) is 2.34. The van der Waals surface area contributed by atoms with Gasteiger partial charge in [-0.25, -0.2) is 9.97 Å². The number of nitrogens with two attached hydrogens (primary N) is 1. The van der Waals surface area contributed by atoms with Crippen LogP contribution in [0.15, 0.2) is 48.9 Å². The fraction of sp³-hybridized carbons (Fsp3) is 0.167. The Morgan fingerprint density at radius 1 is 1.19 bits per heavy atom. The lowest BCUT2D eigenvalue weighted by atomic mass is 10.1. The van der Waals surface area contributed by atoms with Gasteiger partial charge in [0.1, 0.15) is 12.1 Å². The molecular weight excluding hydrogens is 200 g/mol. The number of benzene rings is 1. The molecular formula is C12H14N4. The van der Waals surface area contributed by atoms with E-state index in [2.05, 4.69) is 15.3 Å². The van der Waals surface area contributed by atoms with Crippen LogP contribution in [-0.2, 0) is 0 Å². The van der Waals surface area contributed by atoms with Crippen molar-refractivity contribution in [3.8, 4) is 0 Å². The summed E-state index contributed by atoms with van der Waals surface area (Å²) >= 11 is 0. The van der Waals surface area contributed by atoms with Gasteiger partial charge in [0.15, 0.2) is 0 Å². The van der Waals surface area contributed by atoms with E-state index in [4.69, 9.17) is 5.73 Å². The van der Waals surface area contributed by atoms with E-state index in [0.29, 0.717) is 6.54 Å². The predicted molar refractivity (Wildman–Crippen MR) is 63.9 cm³/mol. The van der Waals surface area contributed by atoms with Crippen molar-refractivity contribution in [1.82, 2.24) is 9.97 Å². The van der Waals surface area contributed by atoms with E-state index in [1.54, 1.807) is 6.20 Å². The molecule has 0 bridgehead atoms. The number of hydrogen-bond donors (Lipinski definition) is 2. The van der Waals surface area contributed by atoms with Crippen molar-refractivity contribution in [2.24, 2.45) is 5.73 Å². The third kappa shape index (κ3) is 2.55. The van der Waals surface area contributed by atoms with Crippen molar-refractivity contribution in [3.05, 3.63) is 54.5 Å². The fourth-order valence-electron chi connectivity index (χ4n) is 1.52. The van der Waals surface area contributed by atoms with Gasteiger partial charge in [-0.15, -0.1) is 0 Å². The van der Waals surface area contributed by atoms with Gasteiger partial charge in [-0.05, 0) is 11.6 Å². The summed E-state index contributed by atoms with van der Waals surface area (Å²) in [6.07, 6.45) is 3.22. The summed E-state index contributed by atoms with van der Waals surface area (Å²) in [6.45, 7) is 0.522. The van der Waals surface area contributed by atoms with Crippen LogP contribution >= 0.6 is 0 Å². The smallest absolute Gasteiger partial charge is 0.129 e. The molecule has 1 aromatic carbocycles. The first-order valence-corrected chi connectivity index (χ1v) is 5.17. The van der Waals surface area contributed by atoms with E-state index in [1.165, 1.54) is 6.33 Å². The highest BCUT2D eigenvalue weighted by Crippen LogP contribution is 2.15. The zero-order valence-electron chi connectivity index (χ0n) is 8.88. The minimum absolute atomic E-state index is 0.0797. The minimum Gasteiger partial charge on any atom is -0.362 e. The van der Waals surface area contributed by atoms with Crippen molar-refractivity contribution in [1.29, 1.82) is 0 Å². The van der Waals surface area contributed by atoms with Crippen LogP contribution in [0.2, 0.25) is 0 Å². The molecule has 0 aliphatic rings. The molecule has 0 aliphatic carbocycles. The number of hydrogen-bond acceptors (Lipinski definition) is 4. The molecule has 3 N–H and O–H groups in total. The molecule has 16 heavy (non-hydrogen) atoms. The van der Waals surface area contributed by atoms with E-state index < -0.39 is 0 Å². The molecule has 0 amide bonds. The molecule has 0 saturated carbocycles. The molecule has 0 aliphatic heterocycles. The molecule has 0 saturated heterocycles. The van der Waals surface area contributed by atoms with Crippen molar-refractivity contribution in [2.75, 3.05) is 11.9 Å². The normalized spacial score (nSPS) is 12.1. The zero-order chi connectivity index (χ0) is 11.2. The van der Waals surface area contributed by atoms with Crippen LogP contribution in [0.5, 0.6) is 0 Å². The lowest BCUT2D eigenvalue weighted by Gasteiger charge is -2.17. The van der Waals surface area contributed by atoms with E-state index in [0.717, 1.165) is 11.4 Å². The fourth-order valence-corrected chi connectivity index (χ4v) is 1.52. The second-order valence-electron chi connectivity index (χ2n) is 3.44. The third-order valence-corrected chi connectivity index (χ3v) is 2.34. The standard InChI is InChI=1S/C12H14N4/c13-8-11(10-4-2-1-3-5-10)16-12-6-7-14-9-15-12/h1-7,9,11H,8,13H2,(H,14,15,16). The molecule has 4 heteroatoms. The predicted octanol–water partition coefficient (Wildman–Crippen LogP) is 1.59. The Bertz CT molecular complexity index is 416. The van der Waals surface area contributed by atoms with Crippen molar-refractivity contribution in [2.45, 2.75) is 6.04 Å². The van der Waals surface area contributed by atoms with E-state index >= 15 is 0 Å². The summed E-state index contributed by atoms with van der Waals surface area (Å²) < 4.78 is 0. The van der Waals surface area contributed by atoms with E-state index in [-0.39, 0.29) is 6.04 Å². The average Bonchev–Trinajstić information content (AvgIpc) is 2.38. The highest BCUT2D eigenvalue weighted by Gasteiger charge is 2.08. The van der Waals surface area contributed by atoms with Crippen LogP contribution < -0.4 is 11.1 Å². The molecule has 1 heterocycles. The van der Waals surface area contributed by atoms with Crippen LogP contribution in [0.1, 0.15) is 11.6 Å². The topological polar surface area (TPSA) is 63.8 Å². The Labute approximate surface area is 94.5 Å². The molecule has 1 atom stereocenters. The molecule has 4 nitrogen and oxygen atoms in total. The first-order chi connectivity index (χ1) is 7.90. The van der Waals surface area contributed by atoms with Crippen LogP contribution in [-0.4, -0.2) is 16.5 Å². The van der Waals surface area contributed by atoms with Crippen LogP contribution in [0.4, 0.5) is 5.82 Å². The van der Waals surface area contributed by atoms with Gasteiger partial charge in [0.2, 0.25) is 0 Å². The minimum atomic E-state index is 0.0797. The summed E-state index contributed by atoms with van der Waals surface area (Å²) in [7, 11) is 0. The molecule has 2 rings (SSSR count). The van der Waals surface area contributed by atoms with Gasteiger partial charge in [0.25, 0.3) is 0 Å². The van der Waals surface area contributed by atoms with Crippen molar-refractivity contribution in [3.63, 3.8) is 0 Å². The second kappa shape index (κ2) is 5.23. The number of aromatic nitrogens is 2. The maximum absolute atomic E-state index is 5.75. The van der Waals surface area contributed by atoms with Gasteiger partial charge >= 0.3 is 0 Å². The first-order valence-electron chi connectivity index (χ1n) is 5.17. The average molecular weight is 214 g/mol. The summed E-state index contributed by atoms with van der Waals surface area (Å²) in [6, 6.07) is 12.0. The van der Waals surface area contributed by atoms with Gasteiger partial charge in [0, 0.05) is 12.7 Å². The van der Waals surface area contributed by atoms with Crippen molar-refractivity contribution < 1.29 is 0 Å². The Morgan fingerprint density at radius 3 is 2.62 bits per heavy atom. The molecule has 1 aromatic heterocycles. The first kappa shape index (κ1) is 10.6. The molecule has 0 spiro atoms. The van der Waals surface area contributed by atoms with E-state index in [1.807, 2.05) is 36.4 Å². The summed E-state index contributed by atoms with van der Waals surface area (Å²) in [5, 5.41) is 3.27. The second-order valence-corrected chi connectivity index (χ2v) is 3.44. The zero-order valence-corrected chi connectivity index (χ0v) is 8.88. The van der Waals surface area contributed by atoms with Gasteiger partial charge in [-0.2, -0.15) is 0 Å².